The van der Waals surface area contributed by atoms with Gasteiger partial charge in [-0.25, -0.2) is 4.79 Å². The summed E-state index contributed by atoms with van der Waals surface area (Å²) in [5, 5.41) is 6.43. The summed E-state index contributed by atoms with van der Waals surface area (Å²) in [5.41, 5.74) is -0.675. The average molecular weight is 334 g/mol. The number of urea groups is 1. The van der Waals surface area contributed by atoms with Crippen molar-refractivity contribution in [1.29, 1.82) is 0 Å². The van der Waals surface area contributed by atoms with Crippen LogP contribution in [0.2, 0.25) is 0 Å². The molecule has 3 aliphatic heterocycles. The molecular weight excluding hydrogens is 308 g/mol. The van der Waals surface area contributed by atoms with E-state index in [0.29, 0.717) is 12.1 Å². The minimum atomic E-state index is -0.675. The molecular formula is C17H26N4O3. The zero-order valence-electron chi connectivity index (χ0n) is 14.1. The summed E-state index contributed by atoms with van der Waals surface area (Å²) in [4.78, 5) is 40.4. The van der Waals surface area contributed by atoms with E-state index in [1.807, 2.05) is 4.90 Å². The summed E-state index contributed by atoms with van der Waals surface area (Å²) in [6.45, 7) is 1.72. The summed E-state index contributed by atoms with van der Waals surface area (Å²) in [5.74, 6) is -0.0771. The summed E-state index contributed by atoms with van der Waals surface area (Å²) < 4.78 is 0. The highest BCUT2D eigenvalue weighted by molar-refractivity contribution is 6.07. The topological polar surface area (TPSA) is 81.8 Å². The van der Waals surface area contributed by atoms with Gasteiger partial charge in [0.2, 0.25) is 5.91 Å². The van der Waals surface area contributed by atoms with Gasteiger partial charge in [-0.2, -0.15) is 0 Å². The van der Waals surface area contributed by atoms with Gasteiger partial charge in [0, 0.05) is 38.1 Å². The third kappa shape index (κ3) is 2.68. The number of hydrogen-bond acceptors (Lipinski definition) is 4. The van der Waals surface area contributed by atoms with Gasteiger partial charge in [0.25, 0.3) is 5.91 Å². The van der Waals surface area contributed by atoms with Crippen molar-refractivity contribution in [2.24, 2.45) is 0 Å². The van der Waals surface area contributed by atoms with Crippen LogP contribution in [0.5, 0.6) is 0 Å². The number of fused-ring (bicyclic) bond motifs is 2. The van der Waals surface area contributed by atoms with Crippen LogP contribution in [0.4, 0.5) is 4.79 Å². The predicted molar refractivity (Wildman–Crippen MR) is 87.2 cm³/mol. The van der Waals surface area contributed by atoms with E-state index in [2.05, 4.69) is 10.6 Å². The maximum atomic E-state index is 12.6. The normalized spacial score (nSPS) is 31.7. The van der Waals surface area contributed by atoms with Crippen LogP contribution in [0.15, 0.2) is 0 Å². The fourth-order valence-electron chi connectivity index (χ4n) is 4.73. The second-order valence-electron chi connectivity index (χ2n) is 7.69. The van der Waals surface area contributed by atoms with E-state index in [0.717, 1.165) is 51.6 Å². The Hall–Kier alpha value is -1.63. The molecule has 7 heteroatoms. The molecule has 2 unspecified atom stereocenters. The molecule has 1 saturated carbocycles. The maximum absolute atomic E-state index is 12.6. The van der Waals surface area contributed by atoms with Crippen LogP contribution in [-0.4, -0.2) is 64.9 Å². The highest BCUT2D eigenvalue weighted by Crippen LogP contribution is 2.35. The molecule has 132 valence electrons. The van der Waals surface area contributed by atoms with Crippen molar-refractivity contribution in [3.63, 3.8) is 0 Å². The molecule has 3 heterocycles. The molecule has 0 aromatic rings. The van der Waals surface area contributed by atoms with Gasteiger partial charge in [-0.3, -0.25) is 14.5 Å². The SMILES string of the molecule is O=C(CCN1C(=O)NC2(CCCC2)C1=O)N1CCC2CCC(C1)N2. The highest BCUT2D eigenvalue weighted by Gasteiger charge is 2.52. The van der Waals surface area contributed by atoms with Gasteiger partial charge in [-0.1, -0.05) is 12.8 Å². The van der Waals surface area contributed by atoms with Gasteiger partial charge in [-0.05, 0) is 32.1 Å². The molecule has 4 aliphatic rings. The molecule has 4 amide bonds. The van der Waals surface area contributed by atoms with Crippen molar-refractivity contribution >= 4 is 17.8 Å². The van der Waals surface area contributed by atoms with Crippen molar-refractivity contribution in [3.8, 4) is 0 Å². The molecule has 2 bridgehead atoms. The summed E-state index contributed by atoms with van der Waals surface area (Å²) in [6.07, 6.45) is 6.96. The molecule has 1 aliphatic carbocycles. The number of carbonyl (C=O) groups is 3. The lowest BCUT2D eigenvalue weighted by molar-refractivity contribution is -0.133. The zero-order valence-corrected chi connectivity index (χ0v) is 14.1. The van der Waals surface area contributed by atoms with Gasteiger partial charge in [0.1, 0.15) is 5.54 Å². The third-order valence-electron chi connectivity index (χ3n) is 6.13. The van der Waals surface area contributed by atoms with E-state index in [4.69, 9.17) is 0 Å². The van der Waals surface area contributed by atoms with Crippen LogP contribution in [0.3, 0.4) is 0 Å². The van der Waals surface area contributed by atoms with Crippen LogP contribution in [0, 0.1) is 0 Å². The number of carbonyl (C=O) groups excluding carboxylic acids is 3. The second-order valence-corrected chi connectivity index (χ2v) is 7.69. The highest BCUT2D eigenvalue weighted by atomic mass is 16.2. The second kappa shape index (κ2) is 6.02. The lowest BCUT2D eigenvalue weighted by atomic mass is 9.98. The molecule has 2 N–H and O–H groups in total. The number of hydrogen-bond donors (Lipinski definition) is 2. The fourth-order valence-corrected chi connectivity index (χ4v) is 4.73. The Labute approximate surface area is 142 Å². The van der Waals surface area contributed by atoms with Crippen LogP contribution in [-0.2, 0) is 9.59 Å². The van der Waals surface area contributed by atoms with E-state index in [9.17, 15) is 14.4 Å². The van der Waals surface area contributed by atoms with Crippen molar-refractivity contribution in [3.05, 3.63) is 0 Å². The molecule has 3 saturated heterocycles. The fraction of sp³-hybridized carbons (Fsp3) is 0.824. The first-order chi connectivity index (χ1) is 11.6. The molecule has 4 fully saturated rings. The third-order valence-corrected chi connectivity index (χ3v) is 6.13. The Balaban J connectivity index is 1.34. The first-order valence-corrected chi connectivity index (χ1v) is 9.25. The molecule has 0 radical (unpaired) electrons. The monoisotopic (exact) mass is 334 g/mol. The molecule has 24 heavy (non-hydrogen) atoms. The lowest BCUT2D eigenvalue weighted by Gasteiger charge is -2.25. The molecule has 4 rings (SSSR count). The smallest absolute Gasteiger partial charge is 0.325 e. The summed E-state index contributed by atoms with van der Waals surface area (Å²) in [6, 6.07) is 0.618. The number of nitrogens with zero attached hydrogens (tertiary/aromatic N) is 2. The van der Waals surface area contributed by atoms with E-state index >= 15 is 0 Å². The maximum Gasteiger partial charge on any atom is 0.325 e. The Morgan fingerprint density at radius 1 is 1.12 bits per heavy atom. The van der Waals surface area contributed by atoms with E-state index < -0.39 is 5.54 Å². The summed E-state index contributed by atoms with van der Waals surface area (Å²) in [7, 11) is 0. The van der Waals surface area contributed by atoms with Crippen LogP contribution >= 0.6 is 0 Å². The quantitative estimate of drug-likeness (QED) is 0.740. The number of nitrogens with one attached hydrogen (secondary N) is 2. The van der Waals surface area contributed by atoms with Gasteiger partial charge in [0.15, 0.2) is 0 Å². The largest absolute Gasteiger partial charge is 0.341 e. The number of likely N-dealkylation sites (tertiary alicyclic amines) is 1. The Morgan fingerprint density at radius 3 is 2.67 bits per heavy atom. The zero-order chi connectivity index (χ0) is 16.7. The summed E-state index contributed by atoms with van der Waals surface area (Å²) >= 11 is 0. The molecule has 0 aromatic carbocycles. The van der Waals surface area contributed by atoms with Crippen molar-refractivity contribution < 1.29 is 14.4 Å². The van der Waals surface area contributed by atoms with Gasteiger partial charge >= 0.3 is 6.03 Å². The lowest BCUT2D eigenvalue weighted by Crippen LogP contribution is -2.44. The Morgan fingerprint density at radius 2 is 1.88 bits per heavy atom. The standard InChI is InChI=1S/C17H26N4O3/c22-14(20-9-5-12-3-4-13(11-20)18-12)6-10-21-15(23)17(19-16(21)24)7-1-2-8-17/h12-13,18H,1-11H2,(H,19,24). The first-order valence-electron chi connectivity index (χ1n) is 9.25. The number of amides is 4. The van der Waals surface area contributed by atoms with Gasteiger partial charge in [0.05, 0.1) is 0 Å². The molecule has 2 atom stereocenters. The van der Waals surface area contributed by atoms with Crippen LogP contribution in [0.25, 0.3) is 0 Å². The Bertz CT molecular complexity index is 558. The molecule has 7 nitrogen and oxygen atoms in total. The van der Waals surface area contributed by atoms with E-state index in [1.165, 1.54) is 11.3 Å². The van der Waals surface area contributed by atoms with E-state index in [-0.39, 0.29) is 30.8 Å². The van der Waals surface area contributed by atoms with Crippen LogP contribution in [0.1, 0.15) is 51.4 Å². The molecule has 1 spiro atoms. The van der Waals surface area contributed by atoms with Gasteiger partial charge in [-0.15, -0.1) is 0 Å². The first kappa shape index (κ1) is 15.9. The minimum absolute atomic E-state index is 0.0531. The Kier molecular flexibility index (Phi) is 3.98. The van der Waals surface area contributed by atoms with Crippen molar-refractivity contribution in [2.75, 3.05) is 19.6 Å². The molecule has 0 aromatic heterocycles. The van der Waals surface area contributed by atoms with Crippen molar-refractivity contribution in [2.45, 2.75) is 69.0 Å². The predicted octanol–water partition coefficient (Wildman–Crippen LogP) is 0.594. The number of imide groups is 1. The average Bonchev–Trinajstić information content (AvgIpc) is 3.19. The van der Waals surface area contributed by atoms with Crippen LogP contribution < -0.4 is 10.6 Å². The number of rotatable bonds is 3. The minimum Gasteiger partial charge on any atom is -0.341 e. The van der Waals surface area contributed by atoms with E-state index in [1.54, 1.807) is 0 Å². The van der Waals surface area contributed by atoms with Crippen molar-refractivity contribution in [1.82, 2.24) is 20.4 Å². The van der Waals surface area contributed by atoms with Gasteiger partial charge < -0.3 is 15.5 Å².